The standard InChI is InChI=1S/C48H32N2S2/c1-2-3-13-32-14-7-8-15-34(32)28-31-22-24-33(25-23-31)39-30-44-45(38-19-10-12-21-43(38)51-44)46-47(39)52-48(49-46)35-26-27-42-40(29-35)37-18-9-11-20-41(37)50(42)36-16-5-4-6-17-36/h2-27,29-30H,1,28H2/b13-3-. The number of benzene rings is 7. The Balaban J connectivity index is 1.12. The highest BCUT2D eigenvalue weighted by Gasteiger charge is 2.20. The van der Waals surface area contributed by atoms with Crippen LogP contribution in [-0.4, -0.2) is 9.55 Å². The fraction of sp³-hybridized carbons (Fsp3) is 0.0208. The molecule has 0 aliphatic carbocycles. The van der Waals surface area contributed by atoms with Crippen molar-refractivity contribution in [1.29, 1.82) is 0 Å². The van der Waals surface area contributed by atoms with Gasteiger partial charge in [-0.15, -0.1) is 22.7 Å². The summed E-state index contributed by atoms with van der Waals surface area (Å²) < 4.78 is 6.16. The summed E-state index contributed by atoms with van der Waals surface area (Å²) in [6.45, 7) is 3.84. The molecule has 2 nitrogen and oxygen atoms in total. The molecule has 0 aliphatic rings. The van der Waals surface area contributed by atoms with Gasteiger partial charge in [-0.3, -0.25) is 0 Å². The Labute approximate surface area is 309 Å². The van der Waals surface area contributed by atoms with Crippen LogP contribution in [0.3, 0.4) is 0 Å². The van der Waals surface area contributed by atoms with Crippen LogP contribution in [0.2, 0.25) is 0 Å². The van der Waals surface area contributed by atoms with Crippen LogP contribution in [-0.2, 0) is 6.42 Å². The molecule has 0 N–H and O–H groups in total. The Kier molecular flexibility index (Phi) is 7.45. The third-order valence-electron chi connectivity index (χ3n) is 10.1. The molecule has 0 spiro atoms. The molecule has 52 heavy (non-hydrogen) atoms. The number of para-hydroxylation sites is 2. The maximum absolute atomic E-state index is 5.48. The van der Waals surface area contributed by atoms with E-state index in [9.17, 15) is 0 Å². The van der Waals surface area contributed by atoms with E-state index in [1.165, 1.54) is 74.5 Å². The van der Waals surface area contributed by atoms with Gasteiger partial charge in [0.05, 0.1) is 21.3 Å². The zero-order valence-electron chi connectivity index (χ0n) is 28.3. The maximum atomic E-state index is 5.48. The summed E-state index contributed by atoms with van der Waals surface area (Å²) >= 11 is 3.66. The normalized spacial score (nSPS) is 11.9. The van der Waals surface area contributed by atoms with E-state index in [0.29, 0.717) is 0 Å². The molecule has 0 aliphatic heterocycles. The molecule has 0 amide bonds. The average molecular weight is 701 g/mol. The van der Waals surface area contributed by atoms with Crippen molar-refractivity contribution in [3.63, 3.8) is 0 Å². The molecule has 10 aromatic rings. The maximum Gasteiger partial charge on any atom is 0.124 e. The molecule has 0 radical (unpaired) electrons. The Morgan fingerprint density at radius 3 is 2.21 bits per heavy atom. The first-order chi connectivity index (χ1) is 25.7. The van der Waals surface area contributed by atoms with E-state index >= 15 is 0 Å². The molecule has 0 unspecified atom stereocenters. The van der Waals surface area contributed by atoms with Gasteiger partial charge in [0.2, 0.25) is 0 Å². The van der Waals surface area contributed by atoms with Crippen LogP contribution in [0.4, 0.5) is 0 Å². The molecule has 4 heteroatoms. The quantitative estimate of drug-likeness (QED) is 0.151. The molecule has 0 atom stereocenters. The lowest BCUT2D eigenvalue weighted by atomic mass is 9.97. The smallest absolute Gasteiger partial charge is 0.124 e. The first kappa shape index (κ1) is 30.7. The van der Waals surface area contributed by atoms with Gasteiger partial charge in [0.15, 0.2) is 0 Å². The number of hydrogen-bond acceptors (Lipinski definition) is 3. The largest absolute Gasteiger partial charge is 0.309 e. The molecule has 3 aromatic heterocycles. The van der Waals surface area contributed by atoms with E-state index in [4.69, 9.17) is 4.98 Å². The number of hydrogen-bond donors (Lipinski definition) is 0. The Morgan fingerprint density at radius 1 is 0.615 bits per heavy atom. The molecule has 0 saturated heterocycles. The van der Waals surface area contributed by atoms with Crippen LogP contribution in [0.5, 0.6) is 0 Å². The van der Waals surface area contributed by atoms with Crippen molar-refractivity contribution >= 4 is 80.9 Å². The van der Waals surface area contributed by atoms with Crippen LogP contribution in [0.15, 0.2) is 170 Å². The van der Waals surface area contributed by atoms with E-state index in [1.54, 1.807) is 11.3 Å². The minimum Gasteiger partial charge on any atom is -0.309 e. The fourth-order valence-electron chi connectivity index (χ4n) is 7.63. The summed E-state index contributed by atoms with van der Waals surface area (Å²) in [5.41, 5.74) is 12.1. The van der Waals surface area contributed by atoms with Crippen LogP contribution >= 0.6 is 22.7 Å². The van der Waals surface area contributed by atoms with Crippen LogP contribution < -0.4 is 0 Å². The minimum absolute atomic E-state index is 0.872. The molecule has 3 heterocycles. The summed E-state index contributed by atoms with van der Waals surface area (Å²) in [6.07, 6.45) is 6.83. The number of aromatic nitrogens is 2. The number of fused-ring (bicyclic) bond motifs is 8. The third-order valence-corrected chi connectivity index (χ3v) is 12.3. The Hall–Kier alpha value is -6.07. The van der Waals surface area contributed by atoms with Gasteiger partial charge in [-0.1, -0.05) is 128 Å². The van der Waals surface area contributed by atoms with Crippen LogP contribution in [0.1, 0.15) is 16.7 Å². The van der Waals surface area contributed by atoms with E-state index in [-0.39, 0.29) is 0 Å². The van der Waals surface area contributed by atoms with E-state index < -0.39 is 0 Å². The number of thiazole rings is 1. The summed E-state index contributed by atoms with van der Waals surface area (Å²) in [4.78, 5) is 5.48. The highest BCUT2D eigenvalue weighted by molar-refractivity contribution is 7.26. The fourth-order valence-corrected chi connectivity index (χ4v) is 9.88. The lowest BCUT2D eigenvalue weighted by Gasteiger charge is -2.09. The Bertz CT molecular complexity index is 2990. The van der Waals surface area contributed by atoms with Gasteiger partial charge in [0, 0.05) is 47.8 Å². The van der Waals surface area contributed by atoms with Crippen molar-refractivity contribution in [1.82, 2.24) is 9.55 Å². The van der Waals surface area contributed by atoms with Gasteiger partial charge in [0.1, 0.15) is 5.01 Å². The van der Waals surface area contributed by atoms with Gasteiger partial charge in [-0.2, -0.15) is 0 Å². The zero-order valence-corrected chi connectivity index (χ0v) is 29.9. The SMILES string of the molecule is C=C/C=C\c1ccccc1Cc1ccc(-c2cc3sc4ccccc4c3c3nc(-c4ccc5c(c4)c4ccccc4n5-c4ccccc4)sc23)cc1. The summed E-state index contributed by atoms with van der Waals surface area (Å²) in [5, 5.41) is 6.05. The highest BCUT2D eigenvalue weighted by atomic mass is 32.1. The number of rotatable bonds is 7. The summed E-state index contributed by atoms with van der Waals surface area (Å²) in [6, 6.07) is 55.1. The summed E-state index contributed by atoms with van der Waals surface area (Å²) in [5.74, 6) is 0. The first-order valence-corrected chi connectivity index (χ1v) is 19.2. The molecule has 0 fully saturated rings. The van der Waals surface area contributed by atoms with Crippen molar-refractivity contribution in [3.05, 3.63) is 187 Å². The topological polar surface area (TPSA) is 17.8 Å². The predicted octanol–water partition coefficient (Wildman–Crippen LogP) is 13.9. The van der Waals surface area contributed by atoms with E-state index in [0.717, 1.165) is 28.2 Å². The second-order valence-corrected chi connectivity index (χ2v) is 15.3. The molecular formula is C48H32N2S2. The van der Waals surface area contributed by atoms with Gasteiger partial charge in [-0.05, 0) is 77.2 Å². The monoisotopic (exact) mass is 700 g/mol. The van der Waals surface area contributed by atoms with Gasteiger partial charge >= 0.3 is 0 Å². The van der Waals surface area contributed by atoms with Crippen molar-refractivity contribution in [2.45, 2.75) is 6.42 Å². The van der Waals surface area contributed by atoms with Crippen molar-refractivity contribution < 1.29 is 0 Å². The number of allylic oxidation sites excluding steroid dienone is 2. The summed E-state index contributed by atoms with van der Waals surface area (Å²) in [7, 11) is 0. The highest BCUT2D eigenvalue weighted by Crippen LogP contribution is 2.46. The minimum atomic E-state index is 0.872. The predicted molar refractivity (Wildman–Crippen MR) is 226 cm³/mol. The zero-order chi connectivity index (χ0) is 34.6. The van der Waals surface area contributed by atoms with Gasteiger partial charge < -0.3 is 4.57 Å². The van der Waals surface area contributed by atoms with Crippen molar-refractivity contribution in [2.75, 3.05) is 0 Å². The second-order valence-electron chi connectivity index (χ2n) is 13.2. The number of thiophene rings is 1. The Morgan fingerprint density at radius 2 is 1.35 bits per heavy atom. The molecule has 246 valence electrons. The van der Waals surface area contributed by atoms with Gasteiger partial charge in [-0.25, -0.2) is 4.98 Å². The van der Waals surface area contributed by atoms with Crippen LogP contribution in [0.25, 0.3) is 85.7 Å². The van der Waals surface area contributed by atoms with E-state index in [1.807, 2.05) is 23.5 Å². The lowest BCUT2D eigenvalue weighted by molar-refractivity contribution is 1.18. The molecule has 10 rings (SSSR count). The molecule has 0 saturated carbocycles. The third kappa shape index (κ3) is 5.11. The van der Waals surface area contributed by atoms with Crippen molar-refractivity contribution in [2.24, 2.45) is 0 Å². The van der Waals surface area contributed by atoms with E-state index in [2.05, 4.69) is 169 Å². The second kappa shape index (κ2) is 12.6. The first-order valence-electron chi connectivity index (χ1n) is 17.5. The van der Waals surface area contributed by atoms with Crippen molar-refractivity contribution in [3.8, 4) is 27.4 Å². The van der Waals surface area contributed by atoms with Gasteiger partial charge in [0.25, 0.3) is 0 Å². The lowest BCUT2D eigenvalue weighted by Crippen LogP contribution is -1.92. The van der Waals surface area contributed by atoms with Crippen LogP contribution in [0, 0.1) is 0 Å². The average Bonchev–Trinajstić information content (AvgIpc) is 3.90. The number of nitrogens with zero attached hydrogens (tertiary/aromatic N) is 2. The molecule has 7 aromatic carbocycles. The molecule has 0 bridgehead atoms. The molecular weight excluding hydrogens is 669 g/mol.